The number of hydrogen-bond donors (Lipinski definition) is 2. The van der Waals surface area contributed by atoms with E-state index >= 15 is 0 Å². The van der Waals surface area contributed by atoms with Crippen molar-refractivity contribution in [2.75, 3.05) is 5.75 Å². The molecule has 0 bridgehead atoms. The van der Waals surface area contributed by atoms with Gasteiger partial charge in [0.15, 0.2) is 0 Å². The highest BCUT2D eigenvalue weighted by Gasteiger charge is 2.21. The zero-order valence-electron chi connectivity index (χ0n) is 17.2. The van der Waals surface area contributed by atoms with Gasteiger partial charge in [0.05, 0.1) is 6.42 Å². The number of thiophene rings is 1. The predicted molar refractivity (Wildman–Crippen MR) is 120 cm³/mol. The van der Waals surface area contributed by atoms with E-state index in [0.717, 1.165) is 17.7 Å². The van der Waals surface area contributed by atoms with Crippen molar-refractivity contribution in [1.29, 1.82) is 0 Å². The topological polar surface area (TPSA) is 74.6 Å². The van der Waals surface area contributed by atoms with E-state index in [2.05, 4.69) is 13.0 Å². The van der Waals surface area contributed by atoms with Crippen molar-refractivity contribution < 1.29 is 19.8 Å². The number of carboxylic acids is 2. The number of carbonyl (C=O) groups is 2. The first kappa shape index (κ1) is 25.0. The van der Waals surface area contributed by atoms with E-state index in [-0.39, 0.29) is 6.42 Å². The van der Waals surface area contributed by atoms with Crippen LogP contribution in [0.3, 0.4) is 0 Å². The Morgan fingerprint density at radius 3 is 2.18 bits per heavy atom. The molecule has 1 rings (SSSR count). The number of aryl methyl sites for hydroxylation is 1. The highest BCUT2D eigenvalue weighted by Crippen LogP contribution is 2.26. The average molecular weight is 429 g/mol. The first-order valence-electron chi connectivity index (χ1n) is 10.7. The summed E-state index contributed by atoms with van der Waals surface area (Å²) in [5.74, 6) is -1.39. The van der Waals surface area contributed by atoms with Crippen LogP contribution in [0.1, 0.15) is 88.0 Å². The molecule has 1 unspecified atom stereocenters. The summed E-state index contributed by atoms with van der Waals surface area (Å²) in [4.78, 5) is 23.3. The quantitative estimate of drug-likeness (QED) is 0.264. The van der Waals surface area contributed by atoms with E-state index in [1.165, 1.54) is 75.1 Å². The van der Waals surface area contributed by atoms with Gasteiger partial charge in [0, 0.05) is 17.1 Å². The van der Waals surface area contributed by atoms with Gasteiger partial charge in [-0.15, -0.1) is 23.1 Å². The summed E-state index contributed by atoms with van der Waals surface area (Å²) in [5.41, 5.74) is 1.27. The van der Waals surface area contributed by atoms with Crippen LogP contribution in [0.2, 0.25) is 0 Å². The van der Waals surface area contributed by atoms with Crippen molar-refractivity contribution in [2.24, 2.45) is 0 Å². The van der Waals surface area contributed by atoms with Gasteiger partial charge in [-0.05, 0) is 29.9 Å². The Morgan fingerprint density at radius 2 is 1.61 bits per heavy atom. The van der Waals surface area contributed by atoms with Gasteiger partial charge in [-0.2, -0.15) is 0 Å². The van der Waals surface area contributed by atoms with Gasteiger partial charge in [-0.25, -0.2) is 0 Å². The average Bonchev–Trinajstić information content (AvgIpc) is 3.09. The molecule has 1 aromatic rings. The van der Waals surface area contributed by atoms with Crippen LogP contribution in [0, 0.1) is 0 Å². The second-order valence-electron chi connectivity index (χ2n) is 7.35. The lowest BCUT2D eigenvalue weighted by molar-refractivity contribution is -0.137. The molecule has 1 heterocycles. The highest BCUT2D eigenvalue weighted by molar-refractivity contribution is 8.00. The number of carboxylic acid groups (broad SMARTS) is 2. The van der Waals surface area contributed by atoms with Gasteiger partial charge in [-0.1, -0.05) is 64.7 Å². The van der Waals surface area contributed by atoms with Crippen molar-refractivity contribution in [3.8, 4) is 0 Å². The SMILES string of the molecule is CCCCCCCCCCCCc1ccsc1CC(SCCC(=O)O)C(=O)O. The highest BCUT2D eigenvalue weighted by atomic mass is 32.2. The van der Waals surface area contributed by atoms with Gasteiger partial charge in [0.1, 0.15) is 5.25 Å². The molecule has 0 spiro atoms. The molecule has 1 atom stereocenters. The van der Waals surface area contributed by atoms with Gasteiger partial charge in [0.2, 0.25) is 0 Å². The third-order valence-electron chi connectivity index (χ3n) is 4.92. The summed E-state index contributed by atoms with van der Waals surface area (Å²) < 4.78 is 0. The van der Waals surface area contributed by atoms with Crippen molar-refractivity contribution >= 4 is 35.0 Å². The van der Waals surface area contributed by atoms with Crippen LogP contribution in [0.5, 0.6) is 0 Å². The second-order valence-corrected chi connectivity index (χ2v) is 9.66. The molecule has 0 aromatic carbocycles. The van der Waals surface area contributed by atoms with Gasteiger partial charge >= 0.3 is 11.9 Å². The minimum atomic E-state index is -0.880. The first-order valence-corrected chi connectivity index (χ1v) is 12.6. The standard InChI is InChI=1S/C22H36O4S2/c1-2-3-4-5-6-7-8-9-10-11-12-18-13-15-27-19(18)17-20(22(25)26)28-16-14-21(23)24/h13,15,20H,2-12,14,16-17H2,1H3,(H,23,24)(H,25,26). The number of aliphatic carboxylic acids is 2. The fourth-order valence-electron chi connectivity index (χ4n) is 3.25. The normalized spacial score (nSPS) is 12.2. The molecule has 0 saturated heterocycles. The van der Waals surface area contributed by atoms with Crippen LogP contribution in [-0.2, 0) is 22.4 Å². The van der Waals surface area contributed by atoms with Crippen molar-refractivity contribution in [1.82, 2.24) is 0 Å². The Bertz CT molecular complexity index is 556. The summed E-state index contributed by atoms with van der Waals surface area (Å²) in [6.45, 7) is 2.25. The minimum absolute atomic E-state index is 0.00431. The summed E-state index contributed by atoms with van der Waals surface area (Å²) in [6.07, 6.45) is 14.7. The molecule has 0 radical (unpaired) electrons. The third kappa shape index (κ3) is 11.7. The zero-order chi connectivity index (χ0) is 20.6. The molecule has 0 amide bonds. The monoisotopic (exact) mass is 428 g/mol. The zero-order valence-corrected chi connectivity index (χ0v) is 18.8. The molecule has 160 valence electrons. The fraction of sp³-hybridized carbons (Fsp3) is 0.727. The Balaban J connectivity index is 2.25. The molecule has 0 aliphatic carbocycles. The maximum atomic E-state index is 11.5. The summed E-state index contributed by atoms with van der Waals surface area (Å²) in [7, 11) is 0. The third-order valence-corrected chi connectivity index (χ3v) is 7.11. The molecule has 1 aromatic heterocycles. The molecule has 6 heteroatoms. The second kappa shape index (κ2) is 15.9. The summed E-state index contributed by atoms with van der Waals surface area (Å²) in [6, 6.07) is 2.12. The van der Waals surface area contributed by atoms with Crippen molar-refractivity contribution in [3.63, 3.8) is 0 Å². The van der Waals surface area contributed by atoms with Crippen LogP contribution in [-0.4, -0.2) is 33.2 Å². The summed E-state index contributed by atoms with van der Waals surface area (Å²) in [5, 5.41) is 19.6. The van der Waals surface area contributed by atoms with Crippen LogP contribution in [0.4, 0.5) is 0 Å². The largest absolute Gasteiger partial charge is 0.481 e. The van der Waals surface area contributed by atoms with Crippen LogP contribution in [0.15, 0.2) is 11.4 Å². The van der Waals surface area contributed by atoms with Gasteiger partial charge in [-0.3, -0.25) is 9.59 Å². The lowest BCUT2D eigenvalue weighted by atomic mass is 10.0. The molecule has 4 nitrogen and oxygen atoms in total. The van der Waals surface area contributed by atoms with Gasteiger partial charge in [0.25, 0.3) is 0 Å². The molecule has 2 N–H and O–H groups in total. The van der Waals surface area contributed by atoms with E-state index in [0.29, 0.717) is 12.2 Å². The Hall–Kier alpha value is -1.01. The minimum Gasteiger partial charge on any atom is -0.481 e. The van der Waals surface area contributed by atoms with E-state index < -0.39 is 17.2 Å². The van der Waals surface area contributed by atoms with Crippen molar-refractivity contribution in [2.45, 2.75) is 95.6 Å². The molecular weight excluding hydrogens is 392 g/mol. The fourth-order valence-corrected chi connectivity index (χ4v) is 5.34. The smallest absolute Gasteiger partial charge is 0.316 e. The van der Waals surface area contributed by atoms with E-state index in [9.17, 15) is 14.7 Å². The van der Waals surface area contributed by atoms with E-state index in [1.54, 1.807) is 11.3 Å². The number of thioether (sulfide) groups is 1. The molecular formula is C22H36O4S2. The van der Waals surface area contributed by atoms with Crippen LogP contribution in [0.25, 0.3) is 0 Å². The number of rotatable bonds is 18. The van der Waals surface area contributed by atoms with Gasteiger partial charge < -0.3 is 10.2 Å². The Labute approximate surface area is 178 Å². The molecule has 0 aliphatic rings. The maximum absolute atomic E-state index is 11.5. The molecule has 0 saturated carbocycles. The summed E-state index contributed by atoms with van der Waals surface area (Å²) >= 11 is 2.86. The van der Waals surface area contributed by atoms with Crippen LogP contribution < -0.4 is 0 Å². The number of hydrogen-bond acceptors (Lipinski definition) is 4. The Kier molecular flexibility index (Phi) is 14.2. The van der Waals surface area contributed by atoms with E-state index in [1.807, 2.05) is 5.38 Å². The maximum Gasteiger partial charge on any atom is 0.316 e. The first-order chi connectivity index (χ1) is 13.5. The lowest BCUT2D eigenvalue weighted by Gasteiger charge is -2.12. The predicted octanol–water partition coefficient (Wildman–Crippen LogP) is 6.42. The Morgan fingerprint density at radius 1 is 1.00 bits per heavy atom. The number of unbranched alkanes of at least 4 members (excludes halogenated alkanes) is 9. The van der Waals surface area contributed by atoms with E-state index in [4.69, 9.17) is 5.11 Å². The molecule has 0 fully saturated rings. The molecule has 28 heavy (non-hydrogen) atoms. The lowest BCUT2D eigenvalue weighted by Crippen LogP contribution is -2.20. The van der Waals surface area contributed by atoms with Crippen molar-refractivity contribution in [3.05, 3.63) is 21.9 Å². The van der Waals surface area contributed by atoms with Crippen LogP contribution >= 0.6 is 23.1 Å². The molecule has 0 aliphatic heterocycles.